The monoisotopic (exact) mass is 313 g/mol. The number of hydrogen-bond acceptors (Lipinski definition) is 5. The predicted octanol–water partition coefficient (Wildman–Crippen LogP) is 2.17. The molecule has 3 aromatic heterocycles. The molecule has 0 aliphatic rings. The van der Waals surface area contributed by atoms with Crippen LogP contribution in [-0.2, 0) is 11.3 Å². The first-order valence-electron chi connectivity index (χ1n) is 6.77. The van der Waals surface area contributed by atoms with E-state index < -0.39 is 0 Å². The van der Waals surface area contributed by atoms with Gasteiger partial charge in [0.2, 0.25) is 5.91 Å². The average molecular weight is 313 g/mol. The largest absolute Gasteiger partial charge is 0.335 e. The van der Waals surface area contributed by atoms with Crippen molar-refractivity contribution in [3.05, 3.63) is 52.4 Å². The van der Waals surface area contributed by atoms with E-state index in [0.717, 1.165) is 22.2 Å². The summed E-state index contributed by atoms with van der Waals surface area (Å²) in [6.45, 7) is 2.33. The van der Waals surface area contributed by atoms with Gasteiger partial charge in [-0.05, 0) is 25.1 Å². The molecule has 22 heavy (non-hydrogen) atoms. The molecular formula is C15H15N5OS. The highest BCUT2D eigenvalue weighted by molar-refractivity contribution is 7.09. The van der Waals surface area contributed by atoms with E-state index in [1.165, 1.54) is 6.08 Å². The summed E-state index contributed by atoms with van der Waals surface area (Å²) in [7, 11) is 1.74. The molecule has 0 saturated carbocycles. The first-order valence-corrected chi connectivity index (χ1v) is 7.65. The SMILES string of the molecule is Cc1nc(/C=C\C(=O)N(C)Cc2nnc3ccccn23)cs1. The second-order valence-corrected chi connectivity index (χ2v) is 5.93. The highest BCUT2D eigenvalue weighted by Gasteiger charge is 2.11. The summed E-state index contributed by atoms with van der Waals surface area (Å²) in [5.41, 5.74) is 1.57. The Morgan fingerprint density at radius 1 is 1.41 bits per heavy atom. The maximum absolute atomic E-state index is 12.1. The molecule has 0 atom stereocenters. The molecule has 3 heterocycles. The minimum absolute atomic E-state index is 0.0988. The van der Waals surface area contributed by atoms with Gasteiger partial charge in [-0.2, -0.15) is 0 Å². The summed E-state index contributed by atoms with van der Waals surface area (Å²) >= 11 is 1.56. The number of likely N-dealkylation sites (N-methyl/N-ethyl adjacent to an activating group) is 1. The molecule has 0 spiro atoms. The van der Waals surface area contributed by atoms with Crippen LogP contribution in [0.4, 0.5) is 0 Å². The second-order valence-electron chi connectivity index (χ2n) is 4.86. The maximum atomic E-state index is 12.1. The zero-order valence-corrected chi connectivity index (χ0v) is 13.1. The van der Waals surface area contributed by atoms with Gasteiger partial charge in [0.1, 0.15) is 0 Å². The lowest BCUT2D eigenvalue weighted by atomic mass is 10.3. The molecule has 0 bridgehead atoms. The zero-order chi connectivity index (χ0) is 15.5. The number of thiazole rings is 1. The summed E-state index contributed by atoms with van der Waals surface area (Å²) in [4.78, 5) is 18.0. The highest BCUT2D eigenvalue weighted by atomic mass is 32.1. The lowest BCUT2D eigenvalue weighted by Crippen LogP contribution is -2.25. The van der Waals surface area contributed by atoms with Crippen molar-refractivity contribution in [2.24, 2.45) is 0 Å². The second kappa shape index (κ2) is 6.07. The van der Waals surface area contributed by atoms with Crippen molar-refractivity contribution in [1.29, 1.82) is 0 Å². The van der Waals surface area contributed by atoms with Crippen molar-refractivity contribution in [2.75, 3.05) is 7.05 Å². The van der Waals surface area contributed by atoms with Crippen LogP contribution in [0.1, 0.15) is 16.5 Å². The van der Waals surface area contributed by atoms with E-state index in [0.29, 0.717) is 6.54 Å². The van der Waals surface area contributed by atoms with Crippen LogP contribution in [0.25, 0.3) is 11.7 Å². The van der Waals surface area contributed by atoms with E-state index in [1.54, 1.807) is 29.4 Å². The first kappa shape index (κ1) is 14.4. The molecule has 3 rings (SSSR count). The summed E-state index contributed by atoms with van der Waals surface area (Å²) in [5, 5.41) is 11.1. The number of nitrogens with zero attached hydrogens (tertiary/aromatic N) is 5. The number of fused-ring (bicyclic) bond motifs is 1. The number of pyridine rings is 1. The van der Waals surface area contributed by atoms with Gasteiger partial charge in [-0.25, -0.2) is 4.98 Å². The molecule has 7 heteroatoms. The lowest BCUT2D eigenvalue weighted by molar-refractivity contribution is -0.125. The number of amides is 1. The number of carbonyl (C=O) groups excluding carboxylic acids is 1. The van der Waals surface area contributed by atoms with E-state index in [1.807, 2.05) is 41.1 Å². The van der Waals surface area contributed by atoms with E-state index in [-0.39, 0.29) is 5.91 Å². The standard InChI is InChI=1S/C15H15N5OS/c1-11-16-12(10-22-11)6-7-15(21)19(2)9-14-18-17-13-5-3-4-8-20(13)14/h3-8,10H,9H2,1-2H3/b7-6-. The summed E-state index contributed by atoms with van der Waals surface area (Å²) in [6, 6.07) is 5.69. The van der Waals surface area contributed by atoms with Crippen LogP contribution in [0.2, 0.25) is 0 Å². The molecule has 0 radical (unpaired) electrons. The van der Waals surface area contributed by atoms with E-state index in [2.05, 4.69) is 15.2 Å². The zero-order valence-electron chi connectivity index (χ0n) is 12.3. The van der Waals surface area contributed by atoms with Crippen LogP contribution < -0.4 is 0 Å². The number of aromatic nitrogens is 4. The topological polar surface area (TPSA) is 63.4 Å². The lowest BCUT2D eigenvalue weighted by Gasteiger charge is -2.13. The molecular weight excluding hydrogens is 298 g/mol. The minimum Gasteiger partial charge on any atom is -0.335 e. The number of aryl methyl sites for hydroxylation is 1. The van der Waals surface area contributed by atoms with Gasteiger partial charge in [0.15, 0.2) is 11.5 Å². The minimum atomic E-state index is -0.0988. The fourth-order valence-electron chi connectivity index (χ4n) is 2.03. The highest BCUT2D eigenvalue weighted by Crippen LogP contribution is 2.10. The summed E-state index contributed by atoms with van der Waals surface area (Å²) in [5.74, 6) is 0.627. The molecule has 3 aromatic rings. The Balaban J connectivity index is 1.69. The molecule has 0 unspecified atom stereocenters. The van der Waals surface area contributed by atoms with Gasteiger partial charge in [0, 0.05) is 24.7 Å². The van der Waals surface area contributed by atoms with E-state index in [4.69, 9.17) is 0 Å². The van der Waals surface area contributed by atoms with Gasteiger partial charge >= 0.3 is 0 Å². The first-order chi connectivity index (χ1) is 10.6. The Morgan fingerprint density at radius 2 is 2.27 bits per heavy atom. The molecule has 0 aromatic carbocycles. The fraction of sp³-hybridized carbons (Fsp3) is 0.200. The van der Waals surface area contributed by atoms with Crippen molar-refractivity contribution in [2.45, 2.75) is 13.5 Å². The van der Waals surface area contributed by atoms with Crippen molar-refractivity contribution >= 4 is 29.0 Å². The van der Waals surface area contributed by atoms with Crippen molar-refractivity contribution in [1.82, 2.24) is 24.5 Å². The van der Waals surface area contributed by atoms with Gasteiger partial charge in [0.25, 0.3) is 0 Å². The number of carbonyl (C=O) groups is 1. The maximum Gasteiger partial charge on any atom is 0.246 e. The van der Waals surface area contributed by atoms with Crippen LogP contribution in [-0.4, -0.2) is 37.4 Å². The molecule has 0 saturated heterocycles. The van der Waals surface area contributed by atoms with Gasteiger partial charge in [-0.3, -0.25) is 9.20 Å². The Labute approximate surface area is 131 Å². The smallest absolute Gasteiger partial charge is 0.246 e. The van der Waals surface area contributed by atoms with E-state index in [9.17, 15) is 4.79 Å². The average Bonchev–Trinajstić information content (AvgIpc) is 3.12. The summed E-state index contributed by atoms with van der Waals surface area (Å²) in [6.07, 6.45) is 5.14. The molecule has 0 aliphatic heterocycles. The molecule has 0 aliphatic carbocycles. The predicted molar refractivity (Wildman–Crippen MR) is 85.3 cm³/mol. The number of hydrogen-bond donors (Lipinski definition) is 0. The Hall–Kier alpha value is -2.54. The van der Waals surface area contributed by atoms with Crippen molar-refractivity contribution < 1.29 is 4.79 Å². The van der Waals surface area contributed by atoms with Crippen LogP contribution in [0.5, 0.6) is 0 Å². The molecule has 6 nitrogen and oxygen atoms in total. The van der Waals surface area contributed by atoms with Crippen LogP contribution >= 0.6 is 11.3 Å². The summed E-state index contributed by atoms with van der Waals surface area (Å²) < 4.78 is 1.87. The normalized spacial score (nSPS) is 11.4. The third-order valence-corrected chi connectivity index (χ3v) is 3.96. The third kappa shape index (κ3) is 3.04. The number of rotatable bonds is 4. The van der Waals surface area contributed by atoms with Gasteiger partial charge in [0.05, 0.1) is 17.2 Å². The quantitative estimate of drug-likeness (QED) is 0.693. The molecule has 1 amide bonds. The fourth-order valence-corrected chi connectivity index (χ4v) is 2.61. The Morgan fingerprint density at radius 3 is 3.05 bits per heavy atom. The van der Waals surface area contributed by atoms with E-state index >= 15 is 0 Å². The van der Waals surface area contributed by atoms with Crippen molar-refractivity contribution in [3.63, 3.8) is 0 Å². The van der Waals surface area contributed by atoms with Crippen LogP contribution in [0.15, 0.2) is 35.9 Å². The van der Waals surface area contributed by atoms with Gasteiger partial charge < -0.3 is 4.90 Å². The third-order valence-electron chi connectivity index (χ3n) is 3.17. The molecule has 0 fully saturated rings. The van der Waals surface area contributed by atoms with Crippen molar-refractivity contribution in [3.8, 4) is 0 Å². The molecule has 0 N–H and O–H groups in total. The Bertz CT molecular complexity index is 835. The Kier molecular flexibility index (Phi) is 3.97. The van der Waals surface area contributed by atoms with Gasteiger partial charge in [-0.1, -0.05) is 6.07 Å². The van der Waals surface area contributed by atoms with Crippen LogP contribution in [0, 0.1) is 6.92 Å². The van der Waals surface area contributed by atoms with Gasteiger partial charge in [-0.15, -0.1) is 21.5 Å². The van der Waals surface area contributed by atoms with Crippen LogP contribution in [0.3, 0.4) is 0 Å². The molecule has 112 valence electrons.